The summed E-state index contributed by atoms with van der Waals surface area (Å²) in [6, 6.07) is 5.48. The van der Waals surface area contributed by atoms with E-state index >= 15 is 0 Å². The molecule has 1 nitrogen and oxygen atoms in total. The number of rotatable bonds is 1. The van der Waals surface area contributed by atoms with Crippen molar-refractivity contribution in [2.24, 2.45) is 0 Å². The van der Waals surface area contributed by atoms with Crippen LogP contribution in [0.3, 0.4) is 0 Å². The third-order valence-corrected chi connectivity index (χ3v) is 2.60. The molecule has 1 N–H and O–H groups in total. The molecule has 15 heavy (non-hydrogen) atoms. The minimum Gasteiger partial charge on any atom is -0.395 e. The average Bonchev–Trinajstić information content (AvgIpc) is 2.27. The first-order valence-electron chi connectivity index (χ1n) is 4.79. The predicted octanol–water partition coefficient (Wildman–Crippen LogP) is 3.86. The van der Waals surface area contributed by atoms with Gasteiger partial charge in [-0.1, -0.05) is 37.3 Å². The molecule has 0 saturated heterocycles. The number of benzene rings is 1. The van der Waals surface area contributed by atoms with Gasteiger partial charge < -0.3 is 5.11 Å². The van der Waals surface area contributed by atoms with Gasteiger partial charge in [-0.3, -0.25) is 0 Å². The molecule has 0 aliphatic carbocycles. The normalized spacial score (nSPS) is 8.33. The van der Waals surface area contributed by atoms with E-state index in [0.29, 0.717) is 11.4 Å². The average molecular weight is 290 g/mol. The summed E-state index contributed by atoms with van der Waals surface area (Å²) in [6.45, 7) is 4.10. The summed E-state index contributed by atoms with van der Waals surface area (Å²) in [5.74, 6) is 5.75. The van der Waals surface area contributed by atoms with Crippen LogP contribution in [0.5, 0.6) is 0 Å². The minimum atomic E-state index is 0.0990. The maximum absolute atomic E-state index is 8.51. The first-order valence-corrected chi connectivity index (χ1v) is 5.96. The van der Waals surface area contributed by atoms with Crippen molar-refractivity contribution in [1.82, 2.24) is 0 Å². The van der Waals surface area contributed by atoms with Gasteiger partial charge in [0.1, 0.15) is 0 Å². The number of hydrogen-bond acceptors (Lipinski definition) is 1. The molecule has 82 valence electrons. The summed E-state index contributed by atoms with van der Waals surface area (Å²) in [7, 11) is 0. The molecule has 0 atom stereocenters. The van der Waals surface area contributed by atoms with Crippen molar-refractivity contribution < 1.29 is 5.11 Å². The molecule has 0 spiro atoms. The molecule has 1 aromatic rings. The van der Waals surface area contributed by atoms with E-state index in [-0.39, 0.29) is 6.61 Å². The largest absolute Gasteiger partial charge is 0.395 e. The molecular weight excluding hydrogens is 275 g/mol. The van der Waals surface area contributed by atoms with E-state index in [2.05, 4.69) is 27.8 Å². The highest BCUT2D eigenvalue weighted by molar-refractivity contribution is 9.10. The molecular formula is C12H14BrClO. The SMILES string of the molecule is CC.OCCC#Cc1ccc(Cl)c(Br)c1. The van der Waals surface area contributed by atoms with Gasteiger partial charge in [0.2, 0.25) is 0 Å². The molecule has 0 heterocycles. The number of aliphatic hydroxyl groups is 1. The van der Waals surface area contributed by atoms with Gasteiger partial charge in [-0.05, 0) is 34.1 Å². The van der Waals surface area contributed by atoms with E-state index in [1.807, 2.05) is 26.0 Å². The zero-order chi connectivity index (χ0) is 11.7. The van der Waals surface area contributed by atoms with E-state index in [9.17, 15) is 0 Å². The highest BCUT2D eigenvalue weighted by atomic mass is 79.9. The van der Waals surface area contributed by atoms with Crippen molar-refractivity contribution in [3.8, 4) is 11.8 Å². The molecule has 3 heteroatoms. The second kappa shape index (κ2) is 8.79. The monoisotopic (exact) mass is 288 g/mol. The third kappa shape index (κ3) is 5.84. The lowest BCUT2D eigenvalue weighted by Gasteiger charge is -1.95. The van der Waals surface area contributed by atoms with Crippen LogP contribution in [-0.2, 0) is 0 Å². The topological polar surface area (TPSA) is 20.2 Å². The first-order chi connectivity index (χ1) is 7.24. The number of hydrogen-bond donors (Lipinski definition) is 1. The van der Waals surface area contributed by atoms with Crippen molar-refractivity contribution in [1.29, 1.82) is 0 Å². The zero-order valence-electron chi connectivity index (χ0n) is 8.85. The Morgan fingerprint density at radius 2 is 2.07 bits per heavy atom. The third-order valence-electron chi connectivity index (χ3n) is 1.39. The van der Waals surface area contributed by atoms with Gasteiger partial charge >= 0.3 is 0 Å². The molecule has 0 bridgehead atoms. The molecule has 0 aliphatic rings. The molecule has 0 fully saturated rings. The molecule has 1 aromatic carbocycles. The zero-order valence-corrected chi connectivity index (χ0v) is 11.2. The summed E-state index contributed by atoms with van der Waals surface area (Å²) in [5.41, 5.74) is 0.893. The summed E-state index contributed by atoms with van der Waals surface area (Å²) >= 11 is 9.11. The summed E-state index contributed by atoms with van der Waals surface area (Å²) < 4.78 is 0.838. The molecule has 0 saturated carbocycles. The lowest BCUT2D eigenvalue weighted by atomic mass is 10.2. The Bertz CT molecular complexity index is 352. The maximum atomic E-state index is 8.51. The van der Waals surface area contributed by atoms with Crippen LogP contribution in [0.2, 0.25) is 5.02 Å². The van der Waals surface area contributed by atoms with Crippen molar-refractivity contribution >= 4 is 27.5 Å². The van der Waals surface area contributed by atoms with Gasteiger partial charge in [-0.15, -0.1) is 0 Å². The molecule has 0 radical (unpaired) electrons. The number of halogens is 2. The second-order valence-electron chi connectivity index (χ2n) is 2.40. The second-order valence-corrected chi connectivity index (χ2v) is 3.67. The first kappa shape index (κ1) is 14.5. The van der Waals surface area contributed by atoms with Crippen LogP contribution in [-0.4, -0.2) is 11.7 Å². The minimum absolute atomic E-state index is 0.0990. The van der Waals surface area contributed by atoms with E-state index in [4.69, 9.17) is 16.7 Å². The molecule has 0 aliphatic heterocycles. The van der Waals surface area contributed by atoms with Gasteiger partial charge in [-0.25, -0.2) is 0 Å². The van der Waals surface area contributed by atoms with Crippen LogP contribution in [0.1, 0.15) is 25.8 Å². The predicted molar refractivity (Wildman–Crippen MR) is 69.1 cm³/mol. The molecule has 0 amide bonds. The van der Waals surface area contributed by atoms with Gasteiger partial charge in [0.15, 0.2) is 0 Å². The van der Waals surface area contributed by atoms with Gasteiger partial charge in [0.05, 0.1) is 11.6 Å². The highest BCUT2D eigenvalue weighted by Crippen LogP contribution is 2.22. The van der Waals surface area contributed by atoms with E-state index < -0.39 is 0 Å². The lowest BCUT2D eigenvalue weighted by molar-refractivity contribution is 0.305. The van der Waals surface area contributed by atoms with Crippen LogP contribution in [0.15, 0.2) is 22.7 Å². The van der Waals surface area contributed by atoms with Crippen LogP contribution in [0, 0.1) is 11.8 Å². The Kier molecular flexibility index (Phi) is 8.50. The smallest absolute Gasteiger partial charge is 0.0548 e. The van der Waals surface area contributed by atoms with Crippen LogP contribution in [0.25, 0.3) is 0 Å². The maximum Gasteiger partial charge on any atom is 0.0548 e. The van der Waals surface area contributed by atoms with Crippen molar-refractivity contribution in [2.45, 2.75) is 20.3 Å². The van der Waals surface area contributed by atoms with E-state index in [1.165, 1.54) is 0 Å². The molecule has 0 aromatic heterocycles. The van der Waals surface area contributed by atoms with Gasteiger partial charge in [0, 0.05) is 16.5 Å². The van der Waals surface area contributed by atoms with Crippen molar-refractivity contribution in [3.05, 3.63) is 33.3 Å². The van der Waals surface area contributed by atoms with Crippen molar-refractivity contribution in [2.75, 3.05) is 6.61 Å². The standard InChI is InChI=1S/C10H8BrClO.C2H6/c11-9-7-8(3-1-2-6-13)4-5-10(9)12;1-2/h4-5,7,13H,2,6H2;1-2H3. The fraction of sp³-hybridized carbons (Fsp3) is 0.333. The van der Waals surface area contributed by atoms with Crippen molar-refractivity contribution in [3.63, 3.8) is 0 Å². The summed E-state index contributed by atoms with van der Waals surface area (Å²) in [5, 5.41) is 9.18. The fourth-order valence-corrected chi connectivity index (χ4v) is 1.29. The summed E-state index contributed by atoms with van der Waals surface area (Å²) in [4.78, 5) is 0. The van der Waals surface area contributed by atoms with Crippen LogP contribution >= 0.6 is 27.5 Å². The highest BCUT2D eigenvalue weighted by Gasteiger charge is 1.95. The quantitative estimate of drug-likeness (QED) is 0.778. The Morgan fingerprint density at radius 1 is 1.40 bits per heavy atom. The summed E-state index contributed by atoms with van der Waals surface area (Å²) in [6.07, 6.45) is 0.500. The Hall–Kier alpha value is -0.490. The Labute approximate surface area is 105 Å². The van der Waals surface area contributed by atoms with Gasteiger partial charge in [0.25, 0.3) is 0 Å². The molecule has 1 rings (SSSR count). The van der Waals surface area contributed by atoms with Gasteiger partial charge in [-0.2, -0.15) is 0 Å². The Balaban J connectivity index is 0.000000921. The lowest BCUT2D eigenvalue weighted by Crippen LogP contribution is -1.78. The van der Waals surface area contributed by atoms with E-state index in [1.54, 1.807) is 6.07 Å². The van der Waals surface area contributed by atoms with Crippen LogP contribution < -0.4 is 0 Å². The molecule has 0 unspecified atom stereocenters. The fourth-order valence-electron chi connectivity index (χ4n) is 0.794. The Morgan fingerprint density at radius 3 is 2.60 bits per heavy atom. The van der Waals surface area contributed by atoms with Crippen LogP contribution in [0.4, 0.5) is 0 Å². The van der Waals surface area contributed by atoms with E-state index in [0.717, 1.165) is 10.0 Å². The number of aliphatic hydroxyl groups excluding tert-OH is 1.